The molecule has 3 amide bonds. The van der Waals surface area contributed by atoms with Gasteiger partial charge >= 0.3 is 6.09 Å². The lowest BCUT2D eigenvalue weighted by atomic mass is 9.79. The number of hydrogen-bond donors (Lipinski definition) is 2. The van der Waals surface area contributed by atoms with Crippen LogP contribution in [0.3, 0.4) is 0 Å². The highest BCUT2D eigenvalue weighted by molar-refractivity contribution is 7.17. The standard InChI is InChI=1S/C28H33N3O6S/c1-17(2)15-19(29-27(35)37-23-10-9-22(38-23)18-7-4-3-5-8-18)25(33)30-14-11-20-24(30)21(32)16-31(20)26(34)28(36)12-6-13-28/h3-5,7-10,17,19-20,24,36H,6,11-16H2,1-2H3,(H,29,35). The molecular weight excluding hydrogens is 506 g/mol. The van der Waals surface area contributed by atoms with Gasteiger partial charge in [0.2, 0.25) is 5.91 Å². The SMILES string of the molecule is CC(C)CC(NC(=O)Oc1ccc(-c2ccccc2)s1)C(=O)N1CCC2C1C(=O)CN2C(=O)C1(O)CCC1. The molecule has 202 valence electrons. The summed E-state index contributed by atoms with van der Waals surface area (Å²) in [6.07, 6.45) is 1.67. The van der Waals surface area contributed by atoms with Gasteiger partial charge in [0.1, 0.15) is 17.7 Å². The number of amides is 3. The van der Waals surface area contributed by atoms with Gasteiger partial charge in [0.25, 0.3) is 5.91 Å². The molecule has 3 aliphatic rings. The predicted octanol–water partition coefficient (Wildman–Crippen LogP) is 3.21. The summed E-state index contributed by atoms with van der Waals surface area (Å²) >= 11 is 1.33. The van der Waals surface area contributed by atoms with Crippen molar-refractivity contribution in [2.24, 2.45) is 5.92 Å². The lowest BCUT2D eigenvalue weighted by Crippen LogP contribution is -2.55. The van der Waals surface area contributed by atoms with E-state index >= 15 is 0 Å². The van der Waals surface area contributed by atoms with Gasteiger partial charge in [-0.1, -0.05) is 55.5 Å². The van der Waals surface area contributed by atoms with Crippen LogP contribution >= 0.6 is 11.3 Å². The maximum absolute atomic E-state index is 13.6. The van der Waals surface area contributed by atoms with Crippen LogP contribution < -0.4 is 10.1 Å². The molecule has 3 heterocycles. The van der Waals surface area contributed by atoms with Crippen molar-refractivity contribution in [1.82, 2.24) is 15.1 Å². The molecule has 3 unspecified atom stereocenters. The van der Waals surface area contributed by atoms with Crippen molar-refractivity contribution in [3.8, 4) is 15.5 Å². The Morgan fingerprint density at radius 1 is 1.13 bits per heavy atom. The number of ketones is 1. The second-order valence-corrected chi connectivity index (χ2v) is 11.9. The van der Waals surface area contributed by atoms with E-state index in [4.69, 9.17) is 4.74 Å². The predicted molar refractivity (Wildman–Crippen MR) is 142 cm³/mol. The number of fused-ring (bicyclic) bond motifs is 1. The maximum Gasteiger partial charge on any atom is 0.414 e. The van der Waals surface area contributed by atoms with E-state index in [0.29, 0.717) is 37.3 Å². The highest BCUT2D eigenvalue weighted by Crippen LogP contribution is 2.38. The first-order valence-corrected chi connectivity index (χ1v) is 14.0. The van der Waals surface area contributed by atoms with Crippen LogP contribution in [-0.4, -0.2) is 75.4 Å². The van der Waals surface area contributed by atoms with Crippen molar-refractivity contribution >= 4 is 35.0 Å². The second kappa shape index (κ2) is 10.5. The number of thiophene rings is 1. The molecule has 2 aliphatic heterocycles. The number of likely N-dealkylation sites (tertiary alicyclic amines) is 2. The Hall–Kier alpha value is -3.24. The quantitative estimate of drug-likeness (QED) is 0.558. The summed E-state index contributed by atoms with van der Waals surface area (Å²) in [6.45, 7) is 4.10. The maximum atomic E-state index is 13.6. The Morgan fingerprint density at radius 2 is 1.87 bits per heavy atom. The molecule has 9 nitrogen and oxygen atoms in total. The summed E-state index contributed by atoms with van der Waals surface area (Å²) < 4.78 is 5.50. The third-order valence-corrected chi connectivity index (χ3v) is 8.69. The number of rotatable bonds is 7. The number of benzene rings is 1. The lowest BCUT2D eigenvalue weighted by Gasteiger charge is -2.39. The smallest absolute Gasteiger partial charge is 0.399 e. The highest BCUT2D eigenvalue weighted by Gasteiger charge is 2.56. The van der Waals surface area contributed by atoms with E-state index in [-0.39, 0.29) is 24.2 Å². The fourth-order valence-corrected chi connectivity index (χ4v) is 6.48. The molecule has 10 heteroatoms. The molecule has 2 saturated heterocycles. The zero-order chi connectivity index (χ0) is 27.0. The van der Waals surface area contributed by atoms with E-state index in [0.717, 1.165) is 16.9 Å². The molecule has 2 aromatic rings. The van der Waals surface area contributed by atoms with E-state index in [1.165, 1.54) is 21.1 Å². The number of hydrogen-bond acceptors (Lipinski definition) is 7. The van der Waals surface area contributed by atoms with Gasteiger partial charge in [0.05, 0.1) is 12.6 Å². The topological polar surface area (TPSA) is 116 Å². The fourth-order valence-electron chi connectivity index (χ4n) is 5.62. The van der Waals surface area contributed by atoms with Gasteiger partial charge in [-0.2, -0.15) is 0 Å². The summed E-state index contributed by atoms with van der Waals surface area (Å²) in [6, 6.07) is 11.3. The third kappa shape index (κ3) is 5.07. The van der Waals surface area contributed by atoms with Crippen molar-refractivity contribution in [2.45, 2.75) is 69.7 Å². The van der Waals surface area contributed by atoms with E-state index in [1.54, 1.807) is 6.07 Å². The Balaban J connectivity index is 1.25. The molecule has 0 bridgehead atoms. The molecule has 0 spiro atoms. The first kappa shape index (κ1) is 26.4. The molecule has 38 heavy (non-hydrogen) atoms. The van der Waals surface area contributed by atoms with Crippen LogP contribution in [0.2, 0.25) is 0 Å². The van der Waals surface area contributed by atoms with Crippen LogP contribution in [0.4, 0.5) is 4.79 Å². The summed E-state index contributed by atoms with van der Waals surface area (Å²) in [7, 11) is 0. The van der Waals surface area contributed by atoms with E-state index in [9.17, 15) is 24.3 Å². The number of nitrogens with one attached hydrogen (secondary N) is 1. The van der Waals surface area contributed by atoms with Gasteiger partial charge in [0.15, 0.2) is 10.8 Å². The van der Waals surface area contributed by atoms with Gasteiger partial charge in [-0.25, -0.2) is 4.79 Å². The summed E-state index contributed by atoms with van der Waals surface area (Å²) in [5, 5.41) is 13.7. The lowest BCUT2D eigenvalue weighted by molar-refractivity contribution is -0.161. The molecule has 3 fully saturated rings. The number of ether oxygens (including phenoxy) is 1. The van der Waals surface area contributed by atoms with Crippen LogP contribution in [-0.2, 0) is 14.4 Å². The molecular formula is C28H33N3O6S. The van der Waals surface area contributed by atoms with Crippen LogP contribution in [0.15, 0.2) is 42.5 Å². The summed E-state index contributed by atoms with van der Waals surface area (Å²) in [5.74, 6) is -0.885. The molecule has 2 N–H and O–H groups in total. The van der Waals surface area contributed by atoms with Gasteiger partial charge in [0, 0.05) is 11.4 Å². The van der Waals surface area contributed by atoms with Gasteiger partial charge < -0.3 is 25.0 Å². The normalized spacial score (nSPS) is 22.7. The monoisotopic (exact) mass is 539 g/mol. The average molecular weight is 540 g/mol. The Kier molecular flexibility index (Phi) is 7.28. The summed E-state index contributed by atoms with van der Waals surface area (Å²) in [4.78, 5) is 56.3. The zero-order valence-corrected chi connectivity index (χ0v) is 22.4. The molecule has 1 aliphatic carbocycles. The molecule has 1 aromatic heterocycles. The second-order valence-electron chi connectivity index (χ2n) is 10.8. The molecule has 1 aromatic carbocycles. The Morgan fingerprint density at radius 3 is 2.53 bits per heavy atom. The minimum Gasteiger partial charge on any atom is -0.399 e. The Bertz CT molecular complexity index is 1220. The van der Waals surface area contributed by atoms with E-state index < -0.39 is 35.7 Å². The van der Waals surface area contributed by atoms with Crippen molar-refractivity contribution in [3.05, 3.63) is 42.5 Å². The fraction of sp³-hybridized carbons (Fsp3) is 0.500. The summed E-state index contributed by atoms with van der Waals surface area (Å²) in [5.41, 5.74) is -0.373. The first-order chi connectivity index (χ1) is 18.2. The third-order valence-electron chi connectivity index (χ3n) is 7.68. The van der Waals surface area contributed by atoms with Gasteiger partial charge in [-0.15, -0.1) is 0 Å². The number of carbonyl (C=O) groups is 4. The van der Waals surface area contributed by atoms with Crippen molar-refractivity contribution in [1.29, 1.82) is 0 Å². The zero-order valence-electron chi connectivity index (χ0n) is 21.6. The van der Waals surface area contributed by atoms with Crippen LogP contribution in [0, 0.1) is 5.92 Å². The van der Waals surface area contributed by atoms with Crippen LogP contribution in [0.5, 0.6) is 5.06 Å². The first-order valence-electron chi connectivity index (χ1n) is 13.2. The molecule has 5 rings (SSSR count). The number of carbonyl (C=O) groups excluding carboxylic acids is 4. The largest absolute Gasteiger partial charge is 0.414 e. The van der Waals surface area contributed by atoms with Crippen molar-refractivity contribution < 1.29 is 29.0 Å². The average Bonchev–Trinajstić information content (AvgIpc) is 3.59. The van der Waals surface area contributed by atoms with Gasteiger partial charge in [-0.3, -0.25) is 14.4 Å². The van der Waals surface area contributed by atoms with Crippen molar-refractivity contribution in [3.63, 3.8) is 0 Å². The molecule has 0 radical (unpaired) electrons. The number of nitrogens with zero attached hydrogens (tertiary/aromatic N) is 2. The molecule has 1 saturated carbocycles. The van der Waals surface area contributed by atoms with E-state index in [2.05, 4.69) is 5.32 Å². The van der Waals surface area contributed by atoms with Crippen LogP contribution in [0.1, 0.15) is 46.0 Å². The van der Waals surface area contributed by atoms with Crippen molar-refractivity contribution in [2.75, 3.05) is 13.1 Å². The number of aliphatic hydroxyl groups is 1. The van der Waals surface area contributed by atoms with Crippen LogP contribution in [0.25, 0.3) is 10.4 Å². The highest BCUT2D eigenvalue weighted by atomic mass is 32.1. The minimum absolute atomic E-state index is 0.0966. The molecule has 3 atom stereocenters. The number of Topliss-reactive ketones (excluding diaryl/α,β-unsaturated/α-hetero) is 1. The minimum atomic E-state index is -1.39. The van der Waals surface area contributed by atoms with E-state index in [1.807, 2.05) is 50.2 Å². The Labute approximate surface area is 225 Å². The van der Waals surface area contributed by atoms with Gasteiger partial charge in [-0.05, 0) is 55.7 Å².